The molecule has 146 valence electrons. The summed E-state index contributed by atoms with van der Waals surface area (Å²) in [6, 6.07) is 8.61. The van der Waals surface area contributed by atoms with E-state index in [4.69, 9.17) is 0 Å². The smallest absolute Gasteiger partial charge is 0.135 e. The highest BCUT2D eigenvalue weighted by Crippen LogP contribution is 2.26. The lowest BCUT2D eigenvalue weighted by Crippen LogP contribution is -2.46. The van der Waals surface area contributed by atoms with Crippen LogP contribution in [0.4, 0.5) is 23.0 Å². The fourth-order valence-corrected chi connectivity index (χ4v) is 3.59. The number of piperazine rings is 1. The first-order valence-electron chi connectivity index (χ1n) is 10.1. The molecule has 2 heterocycles. The second-order valence-electron chi connectivity index (χ2n) is 6.98. The Labute approximate surface area is 163 Å². The van der Waals surface area contributed by atoms with E-state index in [1.165, 1.54) is 11.3 Å². The third-order valence-corrected chi connectivity index (χ3v) is 5.40. The van der Waals surface area contributed by atoms with Crippen molar-refractivity contribution in [3.63, 3.8) is 0 Å². The van der Waals surface area contributed by atoms with Gasteiger partial charge in [-0.2, -0.15) is 0 Å². The third kappa shape index (κ3) is 4.69. The number of anilines is 4. The SMILES string of the molecule is CCN1CCN(c2cc(Nc3ccc(N(CC)CC)cc3C)ncn2)CC1. The molecule has 0 atom stereocenters. The molecular formula is C21H32N6. The van der Waals surface area contributed by atoms with Crippen molar-refractivity contribution in [3.8, 4) is 0 Å². The Morgan fingerprint density at radius 3 is 2.37 bits per heavy atom. The lowest BCUT2D eigenvalue weighted by atomic mass is 10.1. The number of nitrogens with zero attached hydrogens (tertiary/aromatic N) is 5. The first-order valence-corrected chi connectivity index (χ1v) is 10.1. The Morgan fingerprint density at radius 1 is 1.00 bits per heavy atom. The molecule has 1 saturated heterocycles. The van der Waals surface area contributed by atoms with Crippen LogP contribution in [-0.4, -0.2) is 60.7 Å². The van der Waals surface area contributed by atoms with Gasteiger partial charge in [-0.3, -0.25) is 0 Å². The van der Waals surface area contributed by atoms with E-state index in [1.54, 1.807) is 6.33 Å². The standard InChI is InChI=1S/C21H32N6/c1-5-25-10-12-27(13-11-25)21-15-20(22-16-23-21)24-19-9-8-18(14-17(19)4)26(6-2)7-3/h8-9,14-16H,5-7,10-13H2,1-4H3,(H,22,23,24). The third-order valence-electron chi connectivity index (χ3n) is 5.40. The minimum atomic E-state index is 0.844. The summed E-state index contributed by atoms with van der Waals surface area (Å²) < 4.78 is 0. The topological polar surface area (TPSA) is 47.5 Å². The van der Waals surface area contributed by atoms with Crippen LogP contribution in [0.3, 0.4) is 0 Å². The van der Waals surface area contributed by atoms with Crippen LogP contribution in [0.25, 0.3) is 0 Å². The molecule has 0 bridgehead atoms. The van der Waals surface area contributed by atoms with Gasteiger partial charge in [0.25, 0.3) is 0 Å². The van der Waals surface area contributed by atoms with Crippen molar-refractivity contribution in [3.05, 3.63) is 36.2 Å². The molecule has 6 heteroatoms. The van der Waals surface area contributed by atoms with E-state index in [0.717, 1.165) is 63.1 Å². The molecule has 0 radical (unpaired) electrons. The summed E-state index contributed by atoms with van der Waals surface area (Å²) in [5.41, 5.74) is 3.57. The van der Waals surface area contributed by atoms with Crippen LogP contribution in [0.1, 0.15) is 26.3 Å². The number of aryl methyl sites for hydroxylation is 1. The Kier molecular flexibility index (Phi) is 6.50. The first kappa shape index (κ1) is 19.4. The molecule has 1 aliphatic rings. The van der Waals surface area contributed by atoms with Gasteiger partial charge in [-0.25, -0.2) is 9.97 Å². The van der Waals surface area contributed by atoms with E-state index in [-0.39, 0.29) is 0 Å². The molecule has 1 aromatic carbocycles. The first-order chi connectivity index (χ1) is 13.1. The number of likely N-dealkylation sites (N-methyl/N-ethyl adjacent to an activating group) is 1. The second-order valence-corrected chi connectivity index (χ2v) is 6.98. The van der Waals surface area contributed by atoms with Gasteiger partial charge in [0.15, 0.2) is 0 Å². The Hall–Kier alpha value is -2.34. The molecule has 0 unspecified atom stereocenters. The van der Waals surface area contributed by atoms with Gasteiger partial charge in [-0.15, -0.1) is 0 Å². The van der Waals surface area contributed by atoms with Crippen molar-refractivity contribution in [1.82, 2.24) is 14.9 Å². The van der Waals surface area contributed by atoms with Crippen molar-refractivity contribution in [2.24, 2.45) is 0 Å². The zero-order valence-electron chi connectivity index (χ0n) is 17.1. The van der Waals surface area contributed by atoms with Crippen molar-refractivity contribution < 1.29 is 0 Å². The molecule has 3 rings (SSSR count). The minimum absolute atomic E-state index is 0.844. The van der Waals surface area contributed by atoms with Crippen molar-refractivity contribution in [2.75, 3.05) is 60.9 Å². The van der Waals surface area contributed by atoms with E-state index in [1.807, 2.05) is 0 Å². The van der Waals surface area contributed by atoms with Gasteiger partial charge < -0.3 is 20.0 Å². The maximum atomic E-state index is 4.49. The van der Waals surface area contributed by atoms with E-state index < -0.39 is 0 Å². The molecule has 1 aliphatic heterocycles. The molecule has 0 spiro atoms. The predicted molar refractivity (Wildman–Crippen MR) is 114 cm³/mol. The van der Waals surface area contributed by atoms with Crippen molar-refractivity contribution >= 4 is 23.0 Å². The summed E-state index contributed by atoms with van der Waals surface area (Å²) in [4.78, 5) is 16.1. The van der Waals surface area contributed by atoms with Crippen LogP contribution in [0.5, 0.6) is 0 Å². The average Bonchev–Trinajstić information content (AvgIpc) is 2.71. The molecule has 1 N–H and O–H groups in total. The molecular weight excluding hydrogens is 336 g/mol. The predicted octanol–water partition coefficient (Wildman–Crippen LogP) is 3.52. The number of nitrogens with one attached hydrogen (secondary N) is 1. The van der Waals surface area contributed by atoms with Gasteiger partial charge in [-0.05, 0) is 51.1 Å². The summed E-state index contributed by atoms with van der Waals surface area (Å²) in [7, 11) is 0. The van der Waals surface area contributed by atoms with E-state index in [2.05, 4.69) is 81.9 Å². The Bertz CT molecular complexity index is 735. The maximum absolute atomic E-state index is 4.49. The summed E-state index contributed by atoms with van der Waals surface area (Å²) in [6.07, 6.45) is 1.66. The summed E-state index contributed by atoms with van der Waals surface area (Å²) >= 11 is 0. The van der Waals surface area contributed by atoms with E-state index in [0.29, 0.717) is 0 Å². The molecule has 0 saturated carbocycles. The van der Waals surface area contributed by atoms with Gasteiger partial charge in [0.05, 0.1) is 0 Å². The van der Waals surface area contributed by atoms with E-state index >= 15 is 0 Å². The fraction of sp³-hybridized carbons (Fsp3) is 0.524. The van der Waals surface area contributed by atoms with Gasteiger partial charge >= 0.3 is 0 Å². The Balaban J connectivity index is 1.71. The zero-order chi connectivity index (χ0) is 19.2. The fourth-order valence-electron chi connectivity index (χ4n) is 3.59. The molecule has 6 nitrogen and oxygen atoms in total. The normalized spacial score (nSPS) is 15.0. The lowest BCUT2D eigenvalue weighted by Gasteiger charge is -2.34. The monoisotopic (exact) mass is 368 g/mol. The molecule has 2 aromatic rings. The van der Waals surface area contributed by atoms with Crippen molar-refractivity contribution in [2.45, 2.75) is 27.7 Å². The highest BCUT2D eigenvalue weighted by Gasteiger charge is 2.17. The van der Waals surface area contributed by atoms with Crippen LogP contribution >= 0.6 is 0 Å². The molecule has 27 heavy (non-hydrogen) atoms. The molecule has 1 aromatic heterocycles. The Morgan fingerprint density at radius 2 is 1.74 bits per heavy atom. The van der Waals surface area contributed by atoms with Crippen LogP contribution in [-0.2, 0) is 0 Å². The summed E-state index contributed by atoms with van der Waals surface area (Å²) in [5.74, 6) is 1.84. The van der Waals surface area contributed by atoms with Crippen LogP contribution in [0.2, 0.25) is 0 Å². The van der Waals surface area contributed by atoms with Gasteiger partial charge in [0.1, 0.15) is 18.0 Å². The highest BCUT2D eigenvalue weighted by atomic mass is 15.3. The second kappa shape index (κ2) is 9.04. The van der Waals surface area contributed by atoms with E-state index in [9.17, 15) is 0 Å². The molecule has 1 fully saturated rings. The maximum Gasteiger partial charge on any atom is 0.135 e. The van der Waals surface area contributed by atoms with Crippen molar-refractivity contribution in [1.29, 1.82) is 0 Å². The number of benzene rings is 1. The summed E-state index contributed by atoms with van der Waals surface area (Å²) in [6.45, 7) is 16.1. The number of rotatable bonds is 7. The van der Waals surface area contributed by atoms with Gasteiger partial charge in [0.2, 0.25) is 0 Å². The van der Waals surface area contributed by atoms with Gasteiger partial charge in [-0.1, -0.05) is 6.92 Å². The minimum Gasteiger partial charge on any atom is -0.372 e. The largest absolute Gasteiger partial charge is 0.372 e. The zero-order valence-corrected chi connectivity index (χ0v) is 17.1. The molecule has 0 aliphatic carbocycles. The number of aromatic nitrogens is 2. The quantitative estimate of drug-likeness (QED) is 0.807. The lowest BCUT2D eigenvalue weighted by molar-refractivity contribution is 0.270. The average molecular weight is 369 g/mol. The van der Waals surface area contributed by atoms with Crippen LogP contribution in [0.15, 0.2) is 30.6 Å². The summed E-state index contributed by atoms with van der Waals surface area (Å²) in [5, 5.41) is 3.47. The highest BCUT2D eigenvalue weighted by molar-refractivity contribution is 5.66. The molecule has 0 amide bonds. The number of hydrogen-bond donors (Lipinski definition) is 1. The van der Waals surface area contributed by atoms with Crippen LogP contribution in [0, 0.1) is 6.92 Å². The van der Waals surface area contributed by atoms with Gasteiger partial charge in [0, 0.05) is 56.7 Å². The van der Waals surface area contributed by atoms with Crippen LogP contribution < -0.4 is 15.1 Å². The number of hydrogen-bond acceptors (Lipinski definition) is 6.